The van der Waals surface area contributed by atoms with Crippen molar-refractivity contribution in [1.29, 1.82) is 0 Å². The highest BCUT2D eigenvalue weighted by Crippen LogP contribution is 2.14. The number of benzene rings is 2. The van der Waals surface area contributed by atoms with Crippen LogP contribution in [0.3, 0.4) is 0 Å². The molecular formula is C17H20N2O. The van der Waals surface area contributed by atoms with E-state index in [1.165, 1.54) is 5.56 Å². The molecule has 3 heteroatoms. The number of hydrogen-bond acceptors (Lipinski definition) is 2. The van der Waals surface area contributed by atoms with E-state index in [-0.39, 0.29) is 5.91 Å². The molecule has 0 aliphatic carbocycles. The molecule has 0 bridgehead atoms. The van der Waals surface area contributed by atoms with Crippen molar-refractivity contribution in [3.63, 3.8) is 0 Å². The molecular weight excluding hydrogens is 248 g/mol. The first kappa shape index (κ1) is 14.3. The third-order valence-electron chi connectivity index (χ3n) is 3.30. The number of carbonyl (C=O) groups is 1. The Bertz CT molecular complexity index is 581. The van der Waals surface area contributed by atoms with Gasteiger partial charge in [0.05, 0.1) is 0 Å². The standard InChI is InChI=1S/C17H20N2O/c1-13-7-6-8-14(11-13)12-19(2)17(20)16(18)15-9-4-3-5-10-15/h3-11,16H,12,18H2,1-2H3. The fourth-order valence-corrected chi connectivity index (χ4v) is 2.20. The Morgan fingerprint density at radius 1 is 1.15 bits per heavy atom. The third kappa shape index (κ3) is 3.45. The third-order valence-corrected chi connectivity index (χ3v) is 3.30. The minimum absolute atomic E-state index is 0.0716. The van der Waals surface area contributed by atoms with Crippen molar-refractivity contribution >= 4 is 5.91 Å². The monoisotopic (exact) mass is 268 g/mol. The molecule has 104 valence electrons. The molecule has 2 rings (SSSR count). The molecule has 0 heterocycles. The highest BCUT2D eigenvalue weighted by molar-refractivity contribution is 5.82. The van der Waals surface area contributed by atoms with Crippen molar-refractivity contribution in [2.24, 2.45) is 5.73 Å². The molecule has 0 saturated carbocycles. The van der Waals surface area contributed by atoms with Gasteiger partial charge in [0.15, 0.2) is 0 Å². The van der Waals surface area contributed by atoms with Gasteiger partial charge >= 0.3 is 0 Å². The van der Waals surface area contributed by atoms with Crippen molar-refractivity contribution < 1.29 is 4.79 Å². The van der Waals surface area contributed by atoms with Crippen LogP contribution in [-0.4, -0.2) is 17.9 Å². The van der Waals surface area contributed by atoms with E-state index >= 15 is 0 Å². The van der Waals surface area contributed by atoms with Crippen LogP contribution in [0.25, 0.3) is 0 Å². The zero-order valence-corrected chi connectivity index (χ0v) is 11.9. The molecule has 0 aliphatic rings. The van der Waals surface area contributed by atoms with Gasteiger partial charge in [0.25, 0.3) is 0 Å². The van der Waals surface area contributed by atoms with Crippen LogP contribution in [0.1, 0.15) is 22.7 Å². The van der Waals surface area contributed by atoms with Crippen LogP contribution in [0.5, 0.6) is 0 Å². The lowest BCUT2D eigenvalue weighted by Crippen LogP contribution is -2.35. The molecule has 0 radical (unpaired) electrons. The van der Waals surface area contributed by atoms with Crippen LogP contribution in [0.4, 0.5) is 0 Å². The van der Waals surface area contributed by atoms with Crippen LogP contribution in [0, 0.1) is 6.92 Å². The number of likely N-dealkylation sites (N-methyl/N-ethyl adjacent to an activating group) is 1. The molecule has 2 aromatic rings. The van der Waals surface area contributed by atoms with E-state index in [4.69, 9.17) is 5.73 Å². The molecule has 1 amide bonds. The summed E-state index contributed by atoms with van der Waals surface area (Å²) in [5, 5.41) is 0. The summed E-state index contributed by atoms with van der Waals surface area (Å²) < 4.78 is 0. The Morgan fingerprint density at radius 2 is 1.85 bits per heavy atom. The fourth-order valence-electron chi connectivity index (χ4n) is 2.20. The average molecular weight is 268 g/mol. The summed E-state index contributed by atoms with van der Waals surface area (Å²) in [5.74, 6) is -0.0716. The Hall–Kier alpha value is -2.13. The summed E-state index contributed by atoms with van der Waals surface area (Å²) in [6, 6.07) is 17.0. The first-order chi connectivity index (χ1) is 9.58. The van der Waals surface area contributed by atoms with Gasteiger partial charge in [-0.3, -0.25) is 4.79 Å². The maximum absolute atomic E-state index is 12.3. The Balaban J connectivity index is 2.05. The maximum Gasteiger partial charge on any atom is 0.244 e. The van der Waals surface area contributed by atoms with E-state index in [1.54, 1.807) is 11.9 Å². The summed E-state index contributed by atoms with van der Waals surface area (Å²) >= 11 is 0. The van der Waals surface area contributed by atoms with Gasteiger partial charge in [-0.1, -0.05) is 60.2 Å². The lowest BCUT2D eigenvalue weighted by Gasteiger charge is -2.21. The number of nitrogens with zero attached hydrogens (tertiary/aromatic N) is 1. The van der Waals surface area contributed by atoms with Gasteiger partial charge in [-0.05, 0) is 18.1 Å². The second-order valence-electron chi connectivity index (χ2n) is 5.07. The normalized spacial score (nSPS) is 11.9. The molecule has 0 fully saturated rings. The molecule has 0 saturated heterocycles. The number of amides is 1. The Morgan fingerprint density at radius 3 is 2.50 bits per heavy atom. The minimum atomic E-state index is -0.606. The van der Waals surface area contributed by atoms with Gasteiger partial charge in [0, 0.05) is 13.6 Å². The first-order valence-electron chi connectivity index (χ1n) is 6.69. The van der Waals surface area contributed by atoms with Crippen LogP contribution in [0.15, 0.2) is 54.6 Å². The van der Waals surface area contributed by atoms with E-state index in [2.05, 4.69) is 6.07 Å². The highest BCUT2D eigenvalue weighted by Gasteiger charge is 2.19. The van der Waals surface area contributed by atoms with Gasteiger partial charge in [-0.15, -0.1) is 0 Å². The first-order valence-corrected chi connectivity index (χ1v) is 6.69. The Labute approximate surface area is 120 Å². The van der Waals surface area contributed by atoms with Gasteiger partial charge in [-0.25, -0.2) is 0 Å². The molecule has 0 spiro atoms. The predicted octanol–water partition coefficient (Wildman–Crippen LogP) is 2.65. The lowest BCUT2D eigenvalue weighted by molar-refractivity contribution is -0.131. The Kier molecular flexibility index (Phi) is 4.53. The topological polar surface area (TPSA) is 46.3 Å². The summed E-state index contributed by atoms with van der Waals surface area (Å²) in [6.45, 7) is 2.61. The maximum atomic E-state index is 12.3. The zero-order valence-electron chi connectivity index (χ0n) is 11.9. The number of aryl methyl sites for hydroxylation is 1. The van der Waals surface area contributed by atoms with Crippen LogP contribution in [-0.2, 0) is 11.3 Å². The summed E-state index contributed by atoms with van der Waals surface area (Å²) in [7, 11) is 1.79. The van der Waals surface area contributed by atoms with Gasteiger partial charge in [0.1, 0.15) is 6.04 Å². The van der Waals surface area contributed by atoms with E-state index in [9.17, 15) is 4.79 Å². The number of nitrogens with two attached hydrogens (primary N) is 1. The molecule has 2 N–H and O–H groups in total. The van der Waals surface area contributed by atoms with E-state index < -0.39 is 6.04 Å². The smallest absolute Gasteiger partial charge is 0.244 e. The zero-order chi connectivity index (χ0) is 14.5. The van der Waals surface area contributed by atoms with Crippen LogP contribution in [0.2, 0.25) is 0 Å². The average Bonchev–Trinajstić information content (AvgIpc) is 2.46. The molecule has 20 heavy (non-hydrogen) atoms. The van der Waals surface area contributed by atoms with E-state index in [0.717, 1.165) is 11.1 Å². The number of rotatable bonds is 4. The molecule has 0 aliphatic heterocycles. The molecule has 1 unspecified atom stereocenters. The fraction of sp³-hybridized carbons (Fsp3) is 0.235. The quantitative estimate of drug-likeness (QED) is 0.926. The predicted molar refractivity (Wildman–Crippen MR) is 81.0 cm³/mol. The molecule has 1 atom stereocenters. The van der Waals surface area contributed by atoms with Gasteiger partial charge < -0.3 is 10.6 Å². The lowest BCUT2D eigenvalue weighted by atomic mass is 10.1. The highest BCUT2D eigenvalue weighted by atomic mass is 16.2. The van der Waals surface area contributed by atoms with Crippen LogP contribution < -0.4 is 5.73 Å². The number of hydrogen-bond donors (Lipinski definition) is 1. The van der Waals surface area contributed by atoms with E-state index in [0.29, 0.717) is 6.54 Å². The van der Waals surface area contributed by atoms with Crippen molar-refractivity contribution in [2.75, 3.05) is 7.05 Å². The number of carbonyl (C=O) groups excluding carboxylic acids is 1. The second kappa shape index (κ2) is 6.35. The second-order valence-corrected chi connectivity index (χ2v) is 5.07. The largest absolute Gasteiger partial charge is 0.340 e. The van der Waals surface area contributed by atoms with Crippen molar-refractivity contribution in [3.05, 3.63) is 71.3 Å². The van der Waals surface area contributed by atoms with Crippen molar-refractivity contribution in [3.8, 4) is 0 Å². The summed E-state index contributed by atoms with van der Waals surface area (Å²) in [5.41, 5.74) is 9.18. The minimum Gasteiger partial charge on any atom is -0.340 e. The molecule has 3 nitrogen and oxygen atoms in total. The molecule has 0 aromatic heterocycles. The summed E-state index contributed by atoms with van der Waals surface area (Å²) in [6.07, 6.45) is 0. The molecule has 2 aromatic carbocycles. The SMILES string of the molecule is Cc1cccc(CN(C)C(=O)C(N)c2ccccc2)c1. The van der Waals surface area contributed by atoms with Gasteiger partial charge in [0.2, 0.25) is 5.91 Å². The van der Waals surface area contributed by atoms with Crippen molar-refractivity contribution in [2.45, 2.75) is 19.5 Å². The van der Waals surface area contributed by atoms with E-state index in [1.807, 2.05) is 55.5 Å². The summed E-state index contributed by atoms with van der Waals surface area (Å²) in [4.78, 5) is 14.0. The van der Waals surface area contributed by atoms with Crippen LogP contribution >= 0.6 is 0 Å². The van der Waals surface area contributed by atoms with Gasteiger partial charge in [-0.2, -0.15) is 0 Å². The van der Waals surface area contributed by atoms with Crippen molar-refractivity contribution in [1.82, 2.24) is 4.90 Å².